The van der Waals surface area contributed by atoms with Crippen LogP contribution in [0.25, 0.3) is 0 Å². The average Bonchev–Trinajstić information content (AvgIpc) is 1.25. The Labute approximate surface area is 94.3 Å². The molecule has 10 nitrogen and oxygen atoms in total. The Hall–Kier alpha value is -0.303. The SMILES string of the molecule is N.N.O=[N+]([O-])[O-].O=[N+]([O-])[O-].[Ce]. The van der Waals surface area contributed by atoms with Crippen molar-refractivity contribution in [2.75, 3.05) is 0 Å². The van der Waals surface area contributed by atoms with Crippen LogP contribution in [0.5, 0.6) is 0 Å². The van der Waals surface area contributed by atoms with Gasteiger partial charge in [0.25, 0.3) is 0 Å². The molecule has 0 aliphatic carbocycles. The summed E-state index contributed by atoms with van der Waals surface area (Å²) in [5.74, 6) is 0. The van der Waals surface area contributed by atoms with Crippen LogP contribution >= 0.6 is 0 Å². The second-order valence-electron chi connectivity index (χ2n) is 0.447. The van der Waals surface area contributed by atoms with Gasteiger partial charge in [0.15, 0.2) is 0 Å². The minimum absolute atomic E-state index is 0. The van der Waals surface area contributed by atoms with Crippen LogP contribution in [-0.2, 0) is 0 Å². The van der Waals surface area contributed by atoms with Crippen LogP contribution < -0.4 is 12.3 Å². The molecule has 0 unspecified atom stereocenters. The average molecular weight is 298 g/mol. The van der Waals surface area contributed by atoms with Crippen LogP contribution in [0, 0.1) is 72.4 Å². The first-order valence-corrected chi connectivity index (χ1v) is 1.10. The molecule has 0 aromatic heterocycles. The van der Waals surface area contributed by atoms with Crippen LogP contribution in [0.15, 0.2) is 0 Å². The van der Waals surface area contributed by atoms with E-state index in [2.05, 4.69) is 0 Å². The first-order chi connectivity index (χ1) is 3.46. The molecule has 11 heteroatoms. The number of nitrogens with zero attached hydrogens (tertiary/aromatic N) is 2. The first-order valence-electron chi connectivity index (χ1n) is 1.10. The van der Waals surface area contributed by atoms with E-state index in [1.807, 2.05) is 0 Å². The van der Waals surface area contributed by atoms with Crippen LogP contribution in [0.4, 0.5) is 0 Å². The van der Waals surface area contributed by atoms with E-state index in [1.165, 1.54) is 0 Å². The topological polar surface area (TPSA) is 202 Å². The van der Waals surface area contributed by atoms with Gasteiger partial charge in [0.05, 0.1) is 10.2 Å². The molecule has 6 N–H and O–H groups in total. The van der Waals surface area contributed by atoms with E-state index >= 15 is 0 Å². The zero-order valence-electron chi connectivity index (χ0n) is 5.26. The monoisotopic (exact) mass is 298 g/mol. The second kappa shape index (κ2) is 22.6. The Kier molecular flexibility index (Phi) is 63.7. The molecule has 0 amide bonds. The van der Waals surface area contributed by atoms with Gasteiger partial charge in [0, 0.05) is 41.7 Å². The van der Waals surface area contributed by atoms with E-state index in [0.29, 0.717) is 0 Å². The van der Waals surface area contributed by atoms with E-state index in [-0.39, 0.29) is 54.0 Å². The fraction of sp³-hybridized carbons (Fsp3) is 0. The molecule has 0 rings (SSSR count). The van der Waals surface area contributed by atoms with Gasteiger partial charge in [0.1, 0.15) is 0 Å². The maximum Gasteiger partial charge on any atom is 0.0689 e. The molecule has 0 radical (unpaired) electrons. The summed E-state index contributed by atoms with van der Waals surface area (Å²) in [5, 5.41) is 29.5. The van der Waals surface area contributed by atoms with E-state index < -0.39 is 10.2 Å². The molecule has 0 fully saturated rings. The summed E-state index contributed by atoms with van der Waals surface area (Å²) in [7, 11) is 0. The van der Waals surface area contributed by atoms with Crippen molar-refractivity contribution >= 4 is 0 Å². The second-order valence-corrected chi connectivity index (χ2v) is 0.447. The standard InChI is InChI=1S/Ce.2NO3.2H3N/c;2*2-1(3)4;;/h;;;2*1H3/q;2*-1;;. The molecule has 0 aliphatic rings. The Morgan fingerprint density at radius 2 is 0.727 bits per heavy atom. The van der Waals surface area contributed by atoms with Crippen molar-refractivity contribution in [1.82, 2.24) is 12.3 Å². The molecule has 11 heavy (non-hydrogen) atoms. The number of hydrogen-bond donors (Lipinski definition) is 2. The predicted octanol–water partition coefficient (Wildman–Crippen LogP) is -0.154. The third kappa shape index (κ3) is 6240. The number of hydrogen-bond acceptors (Lipinski definition) is 8. The molecule has 0 saturated heterocycles. The molecule has 0 atom stereocenters. The molecule has 0 aliphatic heterocycles. The van der Waals surface area contributed by atoms with Gasteiger partial charge in [-0.2, -0.15) is 0 Å². The van der Waals surface area contributed by atoms with Crippen molar-refractivity contribution in [1.29, 1.82) is 0 Å². The van der Waals surface area contributed by atoms with Gasteiger partial charge in [-0.3, -0.25) is 0 Å². The molecule has 0 spiro atoms. The Morgan fingerprint density at radius 3 is 0.727 bits per heavy atom. The minimum atomic E-state index is -1.75. The summed E-state index contributed by atoms with van der Waals surface area (Å²) in [6.45, 7) is 0. The van der Waals surface area contributed by atoms with E-state index in [9.17, 15) is 0 Å². The third-order valence-electron chi connectivity index (χ3n) is 0. The van der Waals surface area contributed by atoms with Crippen LogP contribution in [-0.4, -0.2) is 10.2 Å². The fourth-order valence-electron chi connectivity index (χ4n) is 0. The van der Waals surface area contributed by atoms with Gasteiger partial charge in [0.2, 0.25) is 0 Å². The Morgan fingerprint density at radius 1 is 0.727 bits per heavy atom. The zero-order valence-corrected chi connectivity index (χ0v) is 8.40. The van der Waals surface area contributed by atoms with Crippen molar-refractivity contribution < 1.29 is 51.9 Å². The summed E-state index contributed by atoms with van der Waals surface area (Å²) in [6.07, 6.45) is 0. The maximum atomic E-state index is 8.25. The molecule has 0 aromatic rings. The van der Waals surface area contributed by atoms with E-state index in [0.717, 1.165) is 0 Å². The van der Waals surface area contributed by atoms with E-state index in [1.54, 1.807) is 0 Å². The van der Waals surface area contributed by atoms with Crippen molar-refractivity contribution in [3.8, 4) is 0 Å². The van der Waals surface area contributed by atoms with E-state index in [4.69, 9.17) is 30.6 Å². The maximum absolute atomic E-state index is 8.25. The number of rotatable bonds is 0. The first kappa shape index (κ1) is 31.0. The van der Waals surface area contributed by atoms with Crippen LogP contribution in [0.3, 0.4) is 0 Å². The van der Waals surface area contributed by atoms with Gasteiger partial charge in [-0.15, -0.1) is 0 Å². The van der Waals surface area contributed by atoms with Gasteiger partial charge < -0.3 is 42.9 Å². The summed E-state index contributed by atoms with van der Waals surface area (Å²) >= 11 is 0. The largest absolute Gasteiger partial charge is 0.356 e. The summed E-state index contributed by atoms with van der Waals surface area (Å²) in [6, 6.07) is 0. The predicted molar refractivity (Wildman–Crippen MR) is 30.8 cm³/mol. The van der Waals surface area contributed by atoms with Crippen molar-refractivity contribution in [3.63, 3.8) is 0 Å². The smallest absolute Gasteiger partial charge is 0.0689 e. The van der Waals surface area contributed by atoms with Gasteiger partial charge in [-0.1, -0.05) is 0 Å². The summed E-state index contributed by atoms with van der Waals surface area (Å²) < 4.78 is 0. The van der Waals surface area contributed by atoms with Crippen molar-refractivity contribution in [2.24, 2.45) is 0 Å². The normalized spacial score (nSPS) is 4.36. The quantitative estimate of drug-likeness (QED) is 0.453. The van der Waals surface area contributed by atoms with Gasteiger partial charge >= 0.3 is 0 Å². The zero-order chi connectivity index (χ0) is 7.15. The summed E-state index contributed by atoms with van der Waals surface area (Å²) in [4.78, 5) is 16.5. The van der Waals surface area contributed by atoms with Gasteiger partial charge in [-0.05, 0) is 0 Å². The van der Waals surface area contributed by atoms with Crippen molar-refractivity contribution in [3.05, 3.63) is 30.6 Å². The summed E-state index contributed by atoms with van der Waals surface area (Å²) in [5.41, 5.74) is 0. The molecule has 0 heterocycles. The minimum Gasteiger partial charge on any atom is -0.356 e. The molecule has 68 valence electrons. The molecule has 0 aromatic carbocycles. The van der Waals surface area contributed by atoms with Crippen molar-refractivity contribution in [2.45, 2.75) is 0 Å². The molecular weight excluding hydrogens is 292 g/mol. The third-order valence-corrected chi connectivity index (χ3v) is 0. The van der Waals surface area contributed by atoms with Crippen LogP contribution in [0.1, 0.15) is 0 Å². The fourth-order valence-corrected chi connectivity index (χ4v) is 0. The van der Waals surface area contributed by atoms with Crippen LogP contribution in [0.2, 0.25) is 0 Å². The molecular formula is H6CeN4O6-2. The van der Waals surface area contributed by atoms with Gasteiger partial charge in [-0.25, -0.2) is 0 Å². The Balaban J connectivity index is -0.0000000171. The molecule has 0 bridgehead atoms. The molecule has 0 saturated carbocycles. The Bertz CT molecular complexity index is 72.6.